The minimum absolute atomic E-state index is 0.565. The van der Waals surface area contributed by atoms with Gasteiger partial charge in [-0.05, 0) is 0 Å². The second-order valence-corrected chi connectivity index (χ2v) is 8.94. The maximum absolute atomic E-state index is 5.77. The number of hydrogen-bond donors (Lipinski definition) is 0. The Morgan fingerprint density at radius 3 is 0.909 bits per heavy atom. The molecule has 0 aromatic heterocycles. The predicted molar refractivity (Wildman–Crippen MR) is 92.3 cm³/mol. The SMILES string of the molecule is C[N+](C)(C)CCOB(OCC[N+](C)(C)C)OCC[N+](C)(C)C. The number of nitrogens with zero attached hydrogens (tertiary/aromatic N) is 3. The van der Waals surface area contributed by atoms with Crippen LogP contribution in [-0.2, 0) is 14.0 Å². The molecule has 0 unspecified atom stereocenters. The average molecular weight is 320 g/mol. The molecule has 0 saturated carbocycles. The number of rotatable bonds is 12. The van der Waals surface area contributed by atoms with E-state index in [1.807, 2.05) is 0 Å². The highest BCUT2D eigenvalue weighted by Crippen LogP contribution is 1.99. The van der Waals surface area contributed by atoms with Gasteiger partial charge in [0, 0.05) is 0 Å². The zero-order valence-corrected chi connectivity index (χ0v) is 16.4. The molecule has 0 aromatic carbocycles. The van der Waals surface area contributed by atoms with Crippen LogP contribution in [0, 0.1) is 0 Å². The lowest BCUT2D eigenvalue weighted by Gasteiger charge is -2.27. The molecule has 0 fully saturated rings. The van der Waals surface area contributed by atoms with Gasteiger partial charge < -0.3 is 27.4 Å². The zero-order chi connectivity index (χ0) is 17.4. The smallest absolute Gasteiger partial charge is 0.380 e. The average Bonchev–Trinajstić information content (AvgIpc) is 2.23. The molecule has 22 heavy (non-hydrogen) atoms. The van der Waals surface area contributed by atoms with E-state index < -0.39 is 7.32 Å². The van der Waals surface area contributed by atoms with E-state index in [9.17, 15) is 0 Å². The fraction of sp³-hybridized carbons (Fsp3) is 1.00. The van der Waals surface area contributed by atoms with Crippen molar-refractivity contribution < 1.29 is 27.4 Å². The quantitative estimate of drug-likeness (QED) is 0.378. The molecule has 0 amide bonds. The van der Waals surface area contributed by atoms with Crippen molar-refractivity contribution in [2.75, 3.05) is 103 Å². The Kier molecular flexibility index (Phi) is 9.13. The molecule has 0 heterocycles. The van der Waals surface area contributed by atoms with Crippen molar-refractivity contribution in [3.8, 4) is 0 Å². The topological polar surface area (TPSA) is 27.7 Å². The maximum atomic E-state index is 5.77. The van der Waals surface area contributed by atoms with Gasteiger partial charge in [-0.1, -0.05) is 0 Å². The van der Waals surface area contributed by atoms with Crippen LogP contribution in [0.1, 0.15) is 0 Å². The van der Waals surface area contributed by atoms with Gasteiger partial charge in [0.05, 0.1) is 83.2 Å². The summed E-state index contributed by atoms with van der Waals surface area (Å²) in [5, 5.41) is 0. The minimum atomic E-state index is -0.565. The highest BCUT2D eigenvalue weighted by molar-refractivity contribution is 6.36. The summed E-state index contributed by atoms with van der Waals surface area (Å²) < 4.78 is 19.9. The summed E-state index contributed by atoms with van der Waals surface area (Å²) in [5.74, 6) is 0. The lowest BCUT2D eigenvalue weighted by molar-refractivity contribution is -0.871. The van der Waals surface area contributed by atoms with Crippen molar-refractivity contribution in [1.82, 2.24) is 0 Å². The molecule has 0 aromatic rings. The van der Waals surface area contributed by atoms with Gasteiger partial charge in [-0.15, -0.1) is 0 Å². The molecule has 7 heteroatoms. The Hall–Kier alpha value is -0.175. The van der Waals surface area contributed by atoms with Crippen molar-refractivity contribution in [2.45, 2.75) is 0 Å². The van der Waals surface area contributed by atoms with Gasteiger partial charge in [-0.25, -0.2) is 0 Å². The van der Waals surface area contributed by atoms with Crippen LogP contribution in [-0.4, -0.2) is 124 Å². The molecule has 132 valence electrons. The van der Waals surface area contributed by atoms with Crippen molar-refractivity contribution in [3.63, 3.8) is 0 Å². The lowest BCUT2D eigenvalue weighted by atomic mass is 10.2. The molecule has 0 N–H and O–H groups in total. The van der Waals surface area contributed by atoms with Crippen molar-refractivity contribution >= 4 is 7.32 Å². The molecule has 0 aliphatic rings. The molecule has 6 nitrogen and oxygen atoms in total. The van der Waals surface area contributed by atoms with E-state index in [0.717, 1.165) is 33.1 Å². The molecular formula is C15H39BN3O3+3. The van der Waals surface area contributed by atoms with Crippen molar-refractivity contribution in [3.05, 3.63) is 0 Å². The Bertz CT molecular complexity index is 248. The lowest BCUT2D eigenvalue weighted by Crippen LogP contribution is -2.43. The second kappa shape index (κ2) is 9.20. The Morgan fingerprint density at radius 1 is 0.500 bits per heavy atom. The number of likely N-dealkylation sites (N-methyl/N-ethyl adjacent to an activating group) is 3. The van der Waals surface area contributed by atoms with Crippen LogP contribution in [0.4, 0.5) is 0 Å². The molecule has 0 aliphatic heterocycles. The van der Waals surface area contributed by atoms with Crippen LogP contribution in [0.15, 0.2) is 0 Å². The molecule has 0 saturated heterocycles. The van der Waals surface area contributed by atoms with Gasteiger partial charge in [0.25, 0.3) is 0 Å². The first-order chi connectivity index (χ1) is 9.79. The van der Waals surface area contributed by atoms with Crippen molar-refractivity contribution in [2.24, 2.45) is 0 Å². The van der Waals surface area contributed by atoms with Gasteiger partial charge in [-0.3, -0.25) is 0 Å². The van der Waals surface area contributed by atoms with Crippen LogP contribution in [0.5, 0.6) is 0 Å². The van der Waals surface area contributed by atoms with Crippen LogP contribution >= 0.6 is 0 Å². The molecule has 0 spiro atoms. The molecule has 0 bridgehead atoms. The summed E-state index contributed by atoms with van der Waals surface area (Å²) in [4.78, 5) is 0. The van der Waals surface area contributed by atoms with E-state index in [1.165, 1.54) is 0 Å². The molecule has 0 aliphatic carbocycles. The normalized spacial score (nSPS) is 13.5. The van der Waals surface area contributed by atoms with E-state index in [4.69, 9.17) is 14.0 Å². The summed E-state index contributed by atoms with van der Waals surface area (Å²) in [6, 6.07) is 0. The first kappa shape index (κ1) is 21.8. The predicted octanol–water partition coefficient (Wildman–Crippen LogP) is 0.140. The molecule has 0 rings (SSSR count). The summed E-state index contributed by atoms with van der Waals surface area (Å²) in [7, 11) is 18.8. The summed E-state index contributed by atoms with van der Waals surface area (Å²) in [5.41, 5.74) is 0. The molecule has 0 atom stereocenters. The van der Waals surface area contributed by atoms with E-state index >= 15 is 0 Å². The molecule has 0 radical (unpaired) electrons. The third-order valence-corrected chi connectivity index (χ3v) is 3.05. The van der Waals surface area contributed by atoms with Gasteiger partial charge in [0.1, 0.15) is 19.6 Å². The number of hydrogen-bond acceptors (Lipinski definition) is 3. The third kappa shape index (κ3) is 16.2. The largest absolute Gasteiger partial charge is 0.640 e. The molecular weight excluding hydrogens is 281 g/mol. The minimum Gasteiger partial charge on any atom is -0.380 e. The van der Waals surface area contributed by atoms with Gasteiger partial charge in [0.15, 0.2) is 0 Å². The monoisotopic (exact) mass is 320 g/mol. The zero-order valence-electron chi connectivity index (χ0n) is 16.4. The Labute approximate surface area is 138 Å². The highest BCUT2D eigenvalue weighted by Gasteiger charge is 2.24. The van der Waals surface area contributed by atoms with Crippen molar-refractivity contribution in [1.29, 1.82) is 0 Å². The highest BCUT2D eigenvalue weighted by atomic mass is 16.7. The van der Waals surface area contributed by atoms with Crippen LogP contribution in [0.3, 0.4) is 0 Å². The van der Waals surface area contributed by atoms with Crippen LogP contribution < -0.4 is 0 Å². The van der Waals surface area contributed by atoms with Gasteiger partial charge in [-0.2, -0.15) is 0 Å². The van der Waals surface area contributed by atoms with E-state index in [-0.39, 0.29) is 0 Å². The van der Waals surface area contributed by atoms with Gasteiger partial charge >= 0.3 is 7.32 Å². The van der Waals surface area contributed by atoms with Crippen LogP contribution in [0.25, 0.3) is 0 Å². The standard InChI is InChI=1S/C15H39BN3O3/c1-17(2,3)10-13-20-16(21-14-11-18(4,5)6)22-15-12-19(7,8)9/h10-15H2,1-9H3/q+3. The van der Waals surface area contributed by atoms with Crippen LogP contribution in [0.2, 0.25) is 0 Å². The van der Waals surface area contributed by atoms with Gasteiger partial charge in [0.2, 0.25) is 0 Å². The summed E-state index contributed by atoms with van der Waals surface area (Å²) in [6.45, 7) is 4.66. The number of quaternary nitrogens is 3. The first-order valence-electron chi connectivity index (χ1n) is 8.05. The fourth-order valence-corrected chi connectivity index (χ4v) is 1.41. The Morgan fingerprint density at radius 2 is 0.727 bits per heavy atom. The first-order valence-corrected chi connectivity index (χ1v) is 8.05. The third-order valence-electron chi connectivity index (χ3n) is 3.05. The fourth-order valence-electron chi connectivity index (χ4n) is 1.41. The van der Waals surface area contributed by atoms with E-state index in [1.54, 1.807) is 0 Å². The Balaban J connectivity index is 4.19. The maximum Gasteiger partial charge on any atom is 0.640 e. The van der Waals surface area contributed by atoms with E-state index in [2.05, 4.69) is 63.4 Å². The summed E-state index contributed by atoms with van der Waals surface area (Å²) >= 11 is 0. The second-order valence-electron chi connectivity index (χ2n) is 8.94. The van der Waals surface area contributed by atoms with E-state index in [0.29, 0.717) is 19.8 Å². The summed E-state index contributed by atoms with van der Waals surface area (Å²) in [6.07, 6.45) is 0.